The molecule has 1 aliphatic rings. The first-order chi connectivity index (χ1) is 12.3. The van der Waals surface area contributed by atoms with E-state index in [-0.39, 0.29) is 14.9 Å². The molecule has 0 heterocycles. The molecule has 2 N–H and O–H groups in total. The number of nitrogens with one attached hydrogen (secondary N) is 1. The average molecular weight is 406 g/mol. The van der Waals surface area contributed by atoms with Crippen LogP contribution in [-0.2, 0) is 16.4 Å². The Labute approximate surface area is 161 Å². The largest absolute Gasteiger partial charge is 0.505 e. The first-order valence-electron chi connectivity index (χ1n) is 7.77. The summed E-state index contributed by atoms with van der Waals surface area (Å²) in [5.41, 5.74) is 4.92. The highest BCUT2D eigenvalue weighted by atomic mass is 35.5. The lowest BCUT2D eigenvalue weighted by Gasteiger charge is -2.12. The second-order valence-corrected chi connectivity index (χ2v) is 8.54. The van der Waals surface area contributed by atoms with Crippen molar-refractivity contribution >= 4 is 38.9 Å². The summed E-state index contributed by atoms with van der Waals surface area (Å²) in [5, 5.41) is 10.00. The lowest BCUT2D eigenvalue weighted by Crippen LogP contribution is -2.13. The molecular weight excluding hydrogens is 393 g/mol. The molecule has 0 amide bonds. The van der Waals surface area contributed by atoms with Gasteiger partial charge in [-0.25, -0.2) is 8.42 Å². The van der Waals surface area contributed by atoms with Gasteiger partial charge in [-0.15, -0.1) is 0 Å². The Hall–Kier alpha value is -2.21. The van der Waals surface area contributed by atoms with E-state index in [0.29, 0.717) is 5.69 Å². The maximum Gasteiger partial charge on any atom is 0.265 e. The number of fused-ring (bicyclic) bond motifs is 3. The number of hydrogen-bond acceptors (Lipinski definition) is 3. The molecule has 0 spiro atoms. The van der Waals surface area contributed by atoms with Crippen LogP contribution in [0.3, 0.4) is 0 Å². The number of hydrogen-bond donors (Lipinski definition) is 2. The topological polar surface area (TPSA) is 66.4 Å². The lowest BCUT2D eigenvalue weighted by molar-refractivity contribution is 0.459. The van der Waals surface area contributed by atoms with Gasteiger partial charge in [0.1, 0.15) is 4.90 Å². The molecule has 0 aromatic heterocycles. The Bertz CT molecular complexity index is 1140. The Morgan fingerprint density at radius 3 is 2.46 bits per heavy atom. The van der Waals surface area contributed by atoms with Gasteiger partial charge in [0.25, 0.3) is 10.0 Å². The maximum atomic E-state index is 12.7. The van der Waals surface area contributed by atoms with Crippen LogP contribution in [0.15, 0.2) is 59.5 Å². The average Bonchev–Trinajstić information content (AvgIpc) is 2.95. The van der Waals surface area contributed by atoms with E-state index in [1.807, 2.05) is 18.2 Å². The van der Waals surface area contributed by atoms with Crippen LogP contribution in [0, 0.1) is 0 Å². The third-order valence-electron chi connectivity index (χ3n) is 4.33. The predicted octanol–water partition coefficient (Wildman–Crippen LogP) is 5.07. The second kappa shape index (κ2) is 6.20. The highest BCUT2D eigenvalue weighted by Gasteiger charge is 2.23. The molecule has 3 aromatic rings. The van der Waals surface area contributed by atoms with Gasteiger partial charge in [0.2, 0.25) is 0 Å². The number of anilines is 1. The fourth-order valence-corrected chi connectivity index (χ4v) is 4.97. The number of sulfonamides is 1. The van der Waals surface area contributed by atoms with Gasteiger partial charge in [0, 0.05) is 10.7 Å². The fraction of sp³-hybridized carbons (Fsp3) is 0.0526. The number of phenols is 1. The fourth-order valence-electron chi connectivity index (χ4n) is 3.17. The molecule has 26 heavy (non-hydrogen) atoms. The minimum Gasteiger partial charge on any atom is -0.505 e. The molecule has 0 fully saturated rings. The van der Waals surface area contributed by atoms with Crippen LogP contribution in [0.5, 0.6) is 5.75 Å². The van der Waals surface area contributed by atoms with Crippen molar-refractivity contribution in [2.75, 3.05) is 4.72 Å². The molecule has 0 bridgehead atoms. The van der Waals surface area contributed by atoms with E-state index in [4.69, 9.17) is 23.2 Å². The lowest BCUT2D eigenvalue weighted by atomic mass is 10.1. The molecule has 4 nitrogen and oxygen atoms in total. The van der Waals surface area contributed by atoms with Gasteiger partial charge >= 0.3 is 0 Å². The summed E-state index contributed by atoms with van der Waals surface area (Å²) in [7, 11) is -4.04. The molecule has 0 radical (unpaired) electrons. The van der Waals surface area contributed by atoms with Crippen LogP contribution in [-0.4, -0.2) is 13.5 Å². The minimum absolute atomic E-state index is 0.123. The number of aromatic hydroxyl groups is 1. The molecule has 0 unspecified atom stereocenters. The van der Waals surface area contributed by atoms with Gasteiger partial charge in [-0.05, 0) is 52.9 Å². The molecule has 1 aliphatic carbocycles. The van der Waals surface area contributed by atoms with Crippen molar-refractivity contribution in [2.24, 2.45) is 0 Å². The van der Waals surface area contributed by atoms with E-state index in [1.54, 1.807) is 12.1 Å². The van der Waals surface area contributed by atoms with Crippen LogP contribution in [0.1, 0.15) is 11.1 Å². The zero-order valence-electron chi connectivity index (χ0n) is 13.3. The summed E-state index contributed by atoms with van der Waals surface area (Å²) in [6, 6.07) is 15.9. The third kappa shape index (κ3) is 2.92. The Balaban J connectivity index is 1.70. The molecule has 0 atom stereocenters. The standard InChI is InChI=1S/C19H13Cl2NO3S/c20-13-9-17(21)19(23)18(10-13)26(24,25)22-14-5-6-16-12(8-14)7-11-3-1-2-4-15(11)16/h1-6,8-10,22-23H,7H2. The smallest absolute Gasteiger partial charge is 0.265 e. The van der Waals surface area contributed by atoms with Gasteiger partial charge in [0.15, 0.2) is 5.75 Å². The van der Waals surface area contributed by atoms with Crippen LogP contribution in [0.4, 0.5) is 5.69 Å². The highest BCUT2D eigenvalue weighted by molar-refractivity contribution is 7.92. The zero-order valence-corrected chi connectivity index (χ0v) is 15.7. The highest BCUT2D eigenvalue weighted by Crippen LogP contribution is 2.39. The van der Waals surface area contributed by atoms with Crippen molar-refractivity contribution in [1.29, 1.82) is 0 Å². The van der Waals surface area contributed by atoms with Crippen molar-refractivity contribution in [1.82, 2.24) is 0 Å². The summed E-state index contributed by atoms with van der Waals surface area (Å²) in [6.07, 6.45) is 0.745. The monoisotopic (exact) mass is 405 g/mol. The molecule has 132 valence electrons. The Morgan fingerprint density at radius 2 is 1.65 bits per heavy atom. The van der Waals surface area contributed by atoms with Crippen LogP contribution in [0.25, 0.3) is 11.1 Å². The van der Waals surface area contributed by atoms with Gasteiger partial charge < -0.3 is 5.11 Å². The molecule has 0 saturated heterocycles. The van der Waals surface area contributed by atoms with E-state index in [0.717, 1.165) is 29.2 Å². The van der Waals surface area contributed by atoms with Gasteiger partial charge in [-0.2, -0.15) is 0 Å². The maximum absolute atomic E-state index is 12.7. The van der Waals surface area contributed by atoms with E-state index in [9.17, 15) is 13.5 Å². The summed E-state index contributed by atoms with van der Waals surface area (Å²) < 4.78 is 27.8. The minimum atomic E-state index is -4.04. The summed E-state index contributed by atoms with van der Waals surface area (Å²) >= 11 is 11.7. The summed E-state index contributed by atoms with van der Waals surface area (Å²) in [5.74, 6) is -0.530. The van der Waals surface area contributed by atoms with Crippen LogP contribution >= 0.6 is 23.2 Å². The number of benzene rings is 3. The molecule has 7 heteroatoms. The van der Waals surface area contributed by atoms with Crippen LogP contribution < -0.4 is 4.72 Å². The van der Waals surface area contributed by atoms with E-state index >= 15 is 0 Å². The Morgan fingerprint density at radius 1 is 0.923 bits per heavy atom. The third-order valence-corrected chi connectivity index (χ3v) is 6.23. The van der Waals surface area contributed by atoms with Crippen LogP contribution in [0.2, 0.25) is 10.0 Å². The normalized spacial score (nSPS) is 12.5. The molecule has 4 rings (SSSR count). The molecule has 3 aromatic carbocycles. The van der Waals surface area contributed by atoms with Crippen molar-refractivity contribution in [3.8, 4) is 16.9 Å². The summed E-state index contributed by atoms with van der Waals surface area (Å²) in [4.78, 5) is -0.362. The number of phenolic OH excluding ortho intramolecular Hbond substituents is 1. The zero-order chi connectivity index (χ0) is 18.5. The first-order valence-corrected chi connectivity index (χ1v) is 10.0. The van der Waals surface area contributed by atoms with E-state index in [1.165, 1.54) is 11.6 Å². The van der Waals surface area contributed by atoms with Crippen molar-refractivity contribution in [3.05, 3.63) is 75.8 Å². The predicted molar refractivity (Wildman–Crippen MR) is 104 cm³/mol. The van der Waals surface area contributed by atoms with E-state index < -0.39 is 15.8 Å². The SMILES string of the molecule is O=S(=O)(Nc1ccc2c(c1)Cc1ccccc1-2)c1cc(Cl)cc(Cl)c1O. The number of halogens is 2. The van der Waals surface area contributed by atoms with Crippen molar-refractivity contribution in [3.63, 3.8) is 0 Å². The molecular formula is C19H13Cl2NO3S. The summed E-state index contributed by atoms with van der Waals surface area (Å²) in [6.45, 7) is 0. The number of rotatable bonds is 3. The van der Waals surface area contributed by atoms with E-state index in [2.05, 4.69) is 16.9 Å². The van der Waals surface area contributed by atoms with Gasteiger partial charge in [0.05, 0.1) is 5.02 Å². The first kappa shape index (κ1) is 17.2. The molecule has 0 saturated carbocycles. The van der Waals surface area contributed by atoms with Gasteiger partial charge in [-0.3, -0.25) is 4.72 Å². The molecule has 0 aliphatic heterocycles. The van der Waals surface area contributed by atoms with Crippen molar-refractivity contribution < 1.29 is 13.5 Å². The quantitative estimate of drug-likeness (QED) is 0.499. The van der Waals surface area contributed by atoms with Gasteiger partial charge in [-0.1, -0.05) is 53.5 Å². The second-order valence-electron chi connectivity index (χ2n) is 6.05. The Kier molecular flexibility index (Phi) is 4.10. The van der Waals surface area contributed by atoms with Crippen molar-refractivity contribution in [2.45, 2.75) is 11.3 Å².